The lowest BCUT2D eigenvalue weighted by Crippen LogP contribution is -1.95. The van der Waals surface area contributed by atoms with Crippen LogP contribution in [0.2, 0.25) is 0 Å². The van der Waals surface area contributed by atoms with E-state index in [4.69, 9.17) is 17.0 Å². The summed E-state index contributed by atoms with van der Waals surface area (Å²) >= 11 is 5.53. The van der Waals surface area contributed by atoms with Gasteiger partial charge in [-0.1, -0.05) is 41.9 Å². The highest BCUT2D eigenvalue weighted by Crippen LogP contribution is 2.01. The van der Waals surface area contributed by atoms with E-state index >= 15 is 0 Å². The molecule has 3 heteroatoms. The molecule has 0 atom stereocenters. The summed E-state index contributed by atoms with van der Waals surface area (Å²) in [6.07, 6.45) is 0. The van der Waals surface area contributed by atoms with Crippen LogP contribution in [0.5, 0.6) is 0 Å². The zero-order chi connectivity index (χ0) is 8.97. The Hall–Kier alpha value is -1.15. The van der Waals surface area contributed by atoms with Crippen LogP contribution >= 0.6 is 11.6 Å². The first-order valence-corrected chi connectivity index (χ1v) is 3.92. The predicted octanol–water partition coefficient (Wildman–Crippen LogP) is 2.67. The number of hydrogen-bond donors (Lipinski definition) is 1. The third kappa shape index (κ3) is 2.47. The molecule has 0 amide bonds. The van der Waals surface area contributed by atoms with Crippen LogP contribution < -0.4 is 0 Å². The zero-order valence-corrected chi connectivity index (χ0v) is 7.47. The van der Waals surface area contributed by atoms with Crippen LogP contribution in [0.3, 0.4) is 0 Å². The van der Waals surface area contributed by atoms with Crippen molar-refractivity contribution in [2.75, 3.05) is 0 Å². The van der Waals surface area contributed by atoms with E-state index in [0.29, 0.717) is 5.17 Å². The summed E-state index contributed by atoms with van der Waals surface area (Å²) in [6.45, 7) is 1.65. The molecule has 0 aliphatic rings. The third-order valence-corrected chi connectivity index (χ3v) is 1.40. The summed E-state index contributed by atoms with van der Waals surface area (Å²) in [5.41, 5.74) is 0.775. The summed E-state index contributed by atoms with van der Waals surface area (Å²) < 4.78 is 0. The van der Waals surface area contributed by atoms with Gasteiger partial charge in [0.05, 0.1) is 0 Å². The number of halogens is 1. The predicted molar refractivity (Wildman–Crippen MR) is 52.2 cm³/mol. The second-order valence-corrected chi connectivity index (χ2v) is 2.87. The van der Waals surface area contributed by atoms with Crippen molar-refractivity contribution < 1.29 is 0 Å². The number of aliphatic imine (C=N–C) groups is 1. The van der Waals surface area contributed by atoms with Gasteiger partial charge in [0.15, 0.2) is 5.84 Å². The van der Waals surface area contributed by atoms with Gasteiger partial charge in [0, 0.05) is 5.56 Å². The Morgan fingerprint density at radius 2 is 1.92 bits per heavy atom. The van der Waals surface area contributed by atoms with Gasteiger partial charge in [-0.25, -0.2) is 4.99 Å². The molecule has 0 fully saturated rings. The molecular formula is C9H9ClN2. The normalized spacial score (nSPS) is 11.3. The van der Waals surface area contributed by atoms with Gasteiger partial charge < -0.3 is 0 Å². The molecular weight excluding hydrogens is 172 g/mol. The first kappa shape index (κ1) is 8.94. The van der Waals surface area contributed by atoms with E-state index in [9.17, 15) is 0 Å². The fourth-order valence-corrected chi connectivity index (χ4v) is 0.899. The Bertz CT molecular complexity index is 300. The van der Waals surface area contributed by atoms with Crippen molar-refractivity contribution in [3.8, 4) is 0 Å². The van der Waals surface area contributed by atoms with Crippen molar-refractivity contribution in [2.24, 2.45) is 4.99 Å². The van der Waals surface area contributed by atoms with Crippen LogP contribution in [-0.4, -0.2) is 11.0 Å². The van der Waals surface area contributed by atoms with Crippen molar-refractivity contribution in [2.45, 2.75) is 6.92 Å². The second kappa shape index (κ2) is 4.02. The monoisotopic (exact) mass is 180 g/mol. The van der Waals surface area contributed by atoms with Gasteiger partial charge in [0.2, 0.25) is 0 Å². The number of amidine groups is 1. The van der Waals surface area contributed by atoms with E-state index in [1.807, 2.05) is 30.3 Å². The second-order valence-electron chi connectivity index (χ2n) is 2.32. The van der Waals surface area contributed by atoms with Crippen LogP contribution in [0.4, 0.5) is 0 Å². The number of hydrogen-bond acceptors (Lipinski definition) is 1. The van der Waals surface area contributed by atoms with E-state index < -0.39 is 0 Å². The van der Waals surface area contributed by atoms with Crippen LogP contribution in [0.25, 0.3) is 0 Å². The highest BCUT2D eigenvalue weighted by atomic mass is 35.5. The summed E-state index contributed by atoms with van der Waals surface area (Å²) in [5, 5.41) is 7.87. The zero-order valence-electron chi connectivity index (χ0n) is 6.71. The Kier molecular flexibility index (Phi) is 3.00. The van der Waals surface area contributed by atoms with E-state index in [1.54, 1.807) is 6.92 Å². The Labute approximate surface area is 76.4 Å². The molecule has 0 aromatic heterocycles. The minimum atomic E-state index is 0.197. The number of nitrogens with zero attached hydrogens (tertiary/aromatic N) is 1. The number of nitrogens with one attached hydrogen (secondary N) is 1. The van der Waals surface area contributed by atoms with Crippen molar-refractivity contribution in [3.05, 3.63) is 35.9 Å². The maximum atomic E-state index is 7.49. The molecule has 1 aromatic rings. The molecule has 1 N–H and O–H groups in total. The van der Waals surface area contributed by atoms with E-state index in [1.165, 1.54) is 0 Å². The maximum Gasteiger partial charge on any atom is 0.153 e. The molecule has 1 aromatic carbocycles. The fourth-order valence-electron chi connectivity index (χ4n) is 0.815. The van der Waals surface area contributed by atoms with Gasteiger partial charge in [0.25, 0.3) is 0 Å². The Balaban J connectivity index is 2.87. The van der Waals surface area contributed by atoms with Crippen molar-refractivity contribution in [1.29, 1.82) is 5.41 Å². The van der Waals surface area contributed by atoms with Crippen LogP contribution in [-0.2, 0) is 0 Å². The molecule has 0 unspecified atom stereocenters. The minimum Gasteiger partial charge on any atom is -0.282 e. The lowest BCUT2D eigenvalue weighted by Gasteiger charge is -1.96. The lowest BCUT2D eigenvalue weighted by atomic mass is 10.2. The molecule has 0 radical (unpaired) electrons. The number of benzene rings is 1. The van der Waals surface area contributed by atoms with Crippen LogP contribution in [0.1, 0.15) is 12.5 Å². The average Bonchev–Trinajstić information content (AvgIpc) is 2.05. The van der Waals surface area contributed by atoms with Crippen LogP contribution in [0.15, 0.2) is 35.3 Å². The van der Waals surface area contributed by atoms with Gasteiger partial charge in [-0.2, -0.15) is 0 Å². The molecule has 0 heterocycles. The van der Waals surface area contributed by atoms with Gasteiger partial charge >= 0.3 is 0 Å². The average molecular weight is 181 g/mol. The van der Waals surface area contributed by atoms with E-state index in [2.05, 4.69) is 4.99 Å². The number of rotatable bonds is 1. The molecule has 0 saturated heterocycles. The molecule has 0 aliphatic carbocycles. The van der Waals surface area contributed by atoms with Crippen molar-refractivity contribution >= 4 is 22.6 Å². The smallest absolute Gasteiger partial charge is 0.153 e. The summed E-state index contributed by atoms with van der Waals surface area (Å²) in [4.78, 5) is 3.81. The van der Waals surface area contributed by atoms with E-state index in [0.717, 1.165) is 5.56 Å². The third-order valence-electron chi connectivity index (χ3n) is 1.31. The minimum absolute atomic E-state index is 0.197. The molecule has 62 valence electrons. The molecule has 0 aliphatic heterocycles. The topological polar surface area (TPSA) is 36.2 Å². The molecule has 0 saturated carbocycles. The molecule has 1 rings (SSSR count). The highest BCUT2D eigenvalue weighted by Gasteiger charge is 1.96. The van der Waals surface area contributed by atoms with Gasteiger partial charge in [-0.3, -0.25) is 5.41 Å². The van der Waals surface area contributed by atoms with Gasteiger partial charge in [-0.05, 0) is 6.92 Å². The SMILES string of the molecule is C/C(Cl)=N\C(=N)c1ccccc1. The fraction of sp³-hybridized carbons (Fsp3) is 0.111. The van der Waals surface area contributed by atoms with Gasteiger partial charge in [-0.15, -0.1) is 0 Å². The standard InChI is InChI=1S/C9H9ClN2/c1-7(10)12-9(11)8-5-3-2-4-6-8/h2-6,11H,1H3/b11-9?,12-7+. The largest absolute Gasteiger partial charge is 0.282 e. The Morgan fingerprint density at radius 3 is 2.42 bits per heavy atom. The summed E-state index contributed by atoms with van der Waals surface area (Å²) in [7, 11) is 0. The Morgan fingerprint density at radius 1 is 1.33 bits per heavy atom. The summed E-state index contributed by atoms with van der Waals surface area (Å²) in [6, 6.07) is 9.28. The molecule has 2 nitrogen and oxygen atoms in total. The maximum absolute atomic E-state index is 7.49. The van der Waals surface area contributed by atoms with Crippen molar-refractivity contribution in [3.63, 3.8) is 0 Å². The molecule has 0 bridgehead atoms. The van der Waals surface area contributed by atoms with Crippen LogP contribution in [0, 0.1) is 5.41 Å². The quantitative estimate of drug-likeness (QED) is 0.510. The first-order valence-electron chi connectivity index (χ1n) is 3.55. The molecule has 0 spiro atoms. The summed E-state index contributed by atoms with van der Waals surface area (Å²) in [5.74, 6) is 0.197. The lowest BCUT2D eigenvalue weighted by molar-refractivity contribution is 1.42. The first-order chi connectivity index (χ1) is 5.70. The highest BCUT2D eigenvalue weighted by molar-refractivity contribution is 6.65. The van der Waals surface area contributed by atoms with Gasteiger partial charge in [0.1, 0.15) is 5.17 Å². The molecule has 12 heavy (non-hydrogen) atoms. The van der Waals surface area contributed by atoms with E-state index in [-0.39, 0.29) is 5.84 Å². The van der Waals surface area contributed by atoms with Crippen molar-refractivity contribution in [1.82, 2.24) is 0 Å².